The minimum atomic E-state index is -10.7. The van der Waals surface area contributed by atoms with Crippen molar-refractivity contribution in [2.75, 3.05) is 0 Å². The molecule has 0 saturated carbocycles. The second-order valence-electron chi connectivity index (χ2n) is 3.27. The first-order chi connectivity index (χ1) is 8.40. The maximum absolute atomic E-state index is 10.7. The summed E-state index contributed by atoms with van der Waals surface area (Å²) in [5.74, 6) is 0. The van der Waals surface area contributed by atoms with Gasteiger partial charge in [0.25, 0.3) is 0 Å². The van der Waals surface area contributed by atoms with E-state index in [1.165, 1.54) is 3.57 Å². The fourth-order valence-electron chi connectivity index (χ4n) is 0.897. The monoisotopic (exact) mass is 432 g/mol. The summed E-state index contributed by atoms with van der Waals surface area (Å²) in [6.45, 7) is 0. The zero-order chi connectivity index (χ0) is 14.6. The molecule has 0 atom stereocenters. The van der Waals surface area contributed by atoms with Crippen LogP contribution in [0, 0.1) is 6.45 Å². The smallest absolute Gasteiger partial charge is 0.0963 e. The largest absolute Gasteiger partial charge is 0.369 e. The number of thiophene rings is 1. The molecule has 0 nitrogen and oxygen atoms in total. The van der Waals surface area contributed by atoms with Gasteiger partial charge in [-0.3, -0.25) is 0 Å². The second-order valence-corrected chi connectivity index (χ2v) is 9.81. The third-order valence-electron chi connectivity index (χ3n) is 1.42. The van der Waals surface area contributed by atoms with Gasteiger partial charge in [-0.1, -0.05) is 29.5 Å². The van der Waals surface area contributed by atoms with Crippen LogP contribution in [0.4, 0.5) is 25.2 Å². The molecule has 0 aliphatic rings. The predicted octanol–water partition coefficient (Wildman–Crippen LogP) is 3.26. The van der Waals surface area contributed by atoms with Gasteiger partial charge in [0.05, 0.1) is 0 Å². The molecule has 0 aliphatic heterocycles. The third kappa shape index (κ3) is 12.4. The van der Waals surface area contributed by atoms with Crippen LogP contribution in [-0.2, 0) is 0 Å². The summed E-state index contributed by atoms with van der Waals surface area (Å²) in [5.41, 5.74) is 0. The number of hydrogen-bond acceptors (Lipinski definition) is 1. The van der Waals surface area contributed by atoms with Crippen LogP contribution in [0.5, 0.6) is 0 Å². The minimum absolute atomic E-state index is 0.0848. The van der Waals surface area contributed by atoms with E-state index in [9.17, 15) is 25.2 Å². The summed E-state index contributed by atoms with van der Waals surface area (Å²) < 4.78 is 62.2. The molecule has 1 heterocycles. The van der Waals surface area contributed by atoms with Crippen molar-refractivity contribution in [1.29, 1.82) is 0 Å². The van der Waals surface area contributed by atoms with Crippen molar-refractivity contribution in [1.82, 2.24) is 0 Å². The Morgan fingerprint density at radius 2 is 1.32 bits per heavy atom. The Morgan fingerprint density at radius 3 is 1.74 bits per heavy atom. The molecule has 1 aromatic carbocycles. The van der Waals surface area contributed by atoms with E-state index in [1.807, 2.05) is 11.3 Å². The molecular formula is C10H8F6IPS. The Balaban J connectivity index is 0.000000224. The maximum atomic E-state index is 9.87. The molecule has 0 amide bonds. The van der Waals surface area contributed by atoms with Gasteiger partial charge < -0.3 is 0 Å². The fraction of sp³-hybridized carbons (Fsp3) is 0. The number of halogens is 7. The zero-order valence-corrected chi connectivity index (χ0v) is 13.0. The average molecular weight is 432 g/mol. The first-order valence-corrected chi connectivity index (χ1v) is 9.76. The Labute approximate surface area is 120 Å². The molecule has 0 radical (unpaired) electrons. The predicted molar refractivity (Wildman–Crippen MR) is 61.7 cm³/mol. The molecule has 0 N–H and O–H groups in total. The summed E-state index contributed by atoms with van der Waals surface area (Å²) >= 11 is 1.95. The van der Waals surface area contributed by atoms with Gasteiger partial charge >= 0.3 is 54.2 Å². The standard InChI is InChI=1S/C10H8IS.F6P/c1-2-5-9(6-3-1)11-10-7-4-8-12-10;1-7(2,3,4,5)6/h1-8H;/q+1;-1. The first kappa shape index (κ1) is 16.7. The van der Waals surface area contributed by atoms with Crippen LogP contribution in [0.2, 0.25) is 0 Å². The van der Waals surface area contributed by atoms with E-state index < -0.39 is 7.81 Å². The van der Waals surface area contributed by atoms with E-state index >= 15 is 0 Å². The van der Waals surface area contributed by atoms with Crippen LogP contribution >= 0.6 is 19.1 Å². The van der Waals surface area contributed by atoms with Crippen molar-refractivity contribution in [2.45, 2.75) is 0 Å². The van der Waals surface area contributed by atoms with E-state index in [0.29, 0.717) is 0 Å². The van der Waals surface area contributed by atoms with Crippen LogP contribution in [0.15, 0.2) is 47.8 Å². The van der Waals surface area contributed by atoms with Gasteiger partial charge in [-0.25, -0.2) is 0 Å². The molecule has 0 spiro atoms. The van der Waals surface area contributed by atoms with E-state index in [-0.39, 0.29) is 21.2 Å². The SMILES string of the molecule is F[P-](F)(F)(F)(F)F.c1ccc([I+]c2cccs2)cc1. The summed E-state index contributed by atoms with van der Waals surface area (Å²) in [6, 6.07) is 15.1. The van der Waals surface area contributed by atoms with Gasteiger partial charge in [-0.05, 0) is 23.6 Å². The van der Waals surface area contributed by atoms with Gasteiger partial charge in [-0.2, -0.15) is 0 Å². The molecule has 0 fully saturated rings. The van der Waals surface area contributed by atoms with Gasteiger partial charge in [0.2, 0.25) is 2.88 Å². The molecule has 1 aromatic heterocycles. The molecule has 108 valence electrons. The molecule has 19 heavy (non-hydrogen) atoms. The van der Waals surface area contributed by atoms with E-state index in [2.05, 4.69) is 47.8 Å². The van der Waals surface area contributed by atoms with E-state index in [1.54, 1.807) is 2.88 Å². The summed E-state index contributed by atoms with van der Waals surface area (Å²) in [7, 11) is -10.7. The molecular weight excluding hydrogens is 424 g/mol. The number of rotatable bonds is 2. The zero-order valence-electron chi connectivity index (χ0n) is 9.12. The van der Waals surface area contributed by atoms with E-state index in [0.717, 1.165) is 0 Å². The quantitative estimate of drug-likeness (QED) is 0.389. The maximum Gasteiger partial charge on any atom is 0.369 e. The summed E-state index contributed by atoms with van der Waals surface area (Å²) in [6.07, 6.45) is 0. The Hall–Kier alpha value is -0.340. The van der Waals surface area contributed by atoms with Crippen LogP contribution < -0.4 is 21.2 Å². The Kier molecular flexibility index (Phi) is 4.59. The van der Waals surface area contributed by atoms with Crippen LogP contribution in [0.3, 0.4) is 0 Å². The van der Waals surface area contributed by atoms with Crippen LogP contribution in [0.1, 0.15) is 0 Å². The van der Waals surface area contributed by atoms with Gasteiger partial charge in [0, 0.05) is 6.07 Å². The van der Waals surface area contributed by atoms with Crippen LogP contribution in [0.25, 0.3) is 0 Å². The summed E-state index contributed by atoms with van der Waals surface area (Å²) in [4.78, 5) is 0. The summed E-state index contributed by atoms with van der Waals surface area (Å²) in [5, 5.41) is 2.15. The number of hydrogen-bond donors (Lipinski definition) is 0. The third-order valence-corrected chi connectivity index (χ3v) is 5.59. The Morgan fingerprint density at radius 1 is 0.789 bits per heavy atom. The van der Waals surface area contributed by atoms with E-state index in [4.69, 9.17) is 0 Å². The first-order valence-electron chi connectivity index (χ1n) is 4.70. The molecule has 2 rings (SSSR count). The molecule has 0 saturated heterocycles. The van der Waals surface area contributed by atoms with Crippen molar-refractivity contribution in [3.63, 3.8) is 0 Å². The molecule has 0 bridgehead atoms. The Bertz CT molecular complexity index is 496. The van der Waals surface area contributed by atoms with Crippen molar-refractivity contribution in [3.8, 4) is 0 Å². The molecule has 0 unspecified atom stereocenters. The van der Waals surface area contributed by atoms with Crippen molar-refractivity contribution in [3.05, 3.63) is 54.3 Å². The molecule has 2 aromatic rings. The molecule has 9 heteroatoms. The van der Waals surface area contributed by atoms with Gasteiger partial charge in [-0.15, -0.1) is 0 Å². The van der Waals surface area contributed by atoms with Crippen molar-refractivity contribution >= 4 is 19.1 Å². The normalized spacial score (nSPS) is 14.8. The fourth-order valence-corrected chi connectivity index (χ4v) is 4.58. The van der Waals surface area contributed by atoms with Crippen molar-refractivity contribution < 1.29 is 46.4 Å². The van der Waals surface area contributed by atoms with Crippen molar-refractivity contribution in [2.24, 2.45) is 0 Å². The average Bonchev–Trinajstić information content (AvgIpc) is 2.67. The van der Waals surface area contributed by atoms with Gasteiger partial charge in [0.1, 0.15) is 0 Å². The second kappa shape index (κ2) is 5.21. The minimum Gasteiger partial charge on any atom is -0.0963 e. The molecule has 0 aliphatic carbocycles. The van der Waals surface area contributed by atoms with Gasteiger partial charge in [0.15, 0.2) is 3.57 Å². The van der Waals surface area contributed by atoms with Crippen LogP contribution in [-0.4, -0.2) is 0 Å². The topological polar surface area (TPSA) is 0 Å². The number of benzene rings is 1.